The van der Waals surface area contributed by atoms with Gasteiger partial charge in [0, 0.05) is 30.2 Å². The normalized spacial score (nSPS) is 16.3. The summed E-state index contributed by atoms with van der Waals surface area (Å²) in [6, 6.07) is 16.5. The number of hydrogen-bond acceptors (Lipinski definition) is 4. The van der Waals surface area contributed by atoms with Crippen LogP contribution in [0, 0.1) is 5.82 Å². The molecule has 0 aliphatic carbocycles. The molecule has 1 aliphatic rings. The van der Waals surface area contributed by atoms with Crippen molar-refractivity contribution in [2.24, 2.45) is 0 Å². The molecule has 2 N–H and O–H groups in total. The summed E-state index contributed by atoms with van der Waals surface area (Å²) in [6.45, 7) is 7.49. The van der Waals surface area contributed by atoms with Crippen molar-refractivity contribution in [3.05, 3.63) is 95.6 Å². The van der Waals surface area contributed by atoms with Crippen LogP contribution in [0.15, 0.2) is 73.1 Å². The maximum atomic E-state index is 13.9. The minimum Gasteiger partial charge on any atom is -0.354 e. The van der Waals surface area contributed by atoms with Crippen molar-refractivity contribution in [2.45, 2.75) is 57.5 Å². The average molecular weight is 503 g/mol. The molecule has 0 spiro atoms. The average Bonchev–Trinajstić information content (AvgIpc) is 3.42. The van der Waals surface area contributed by atoms with Gasteiger partial charge in [-0.3, -0.25) is 19.5 Å². The van der Waals surface area contributed by atoms with E-state index in [0.29, 0.717) is 24.2 Å². The van der Waals surface area contributed by atoms with Crippen LogP contribution in [0.2, 0.25) is 0 Å². The largest absolute Gasteiger partial charge is 0.354 e. The SMILES string of the molecule is CC(C)(C)c1ccc(N(C(=O)C2CCCN2)C(C(=O)NCCc2cccc(F)c2)c2cccnc2)cc1. The minimum absolute atomic E-state index is 0.0442. The molecular formula is C30H35FN4O2. The first-order valence-electron chi connectivity index (χ1n) is 12.8. The van der Waals surface area contributed by atoms with Crippen molar-refractivity contribution >= 4 is 17.5 Å². The molecular weight excluding hydrogens is 467 g/mol. The van der Waals surface area contributed by atoms with Gasteiger partial charge in [-0.1, -0.05) is 51.1 Å². The second kappa shape index (κ2) is 11.6. The van der Waals surface area contributed by atoms with Crippen molar-refractivity contribution in [1.82, 2.24) is 15.6 Å². The molecule has 2 amide bonds. The first kappa shape index (κ1) is 26.5. The van der Waals surface area contributed by atoms with Gasteiger partial charge in [-0.25, -0.2) is 4.39 Å². The van der Waals surface area contributed by atoms with E-state index in [1.807, 2.05) is 36.4 Å². The highest BCUT2D eigenvalue weighted by Gasteiger charge is 2.37. The van der Waals surface area contributed by atoms with Crippen LogP contribution in [0.1, 0.15) is 56.3 Å². The molecule has 1 fully saturated rings. The quantitative estimate of drug-likeness (QED) is 0.468. The molecule has 2 heterocycles. The van der Waals surface area contributed by atoms with Crippen molar-refractivity contribution in [1.29, 1.82) is 0 Å². The molecule has 2 aromatic carbocycles. The van der Waals surface area contributed by atoms with Gasteiger partial charge in [-0.2, -0.15) is 0 Å². The molecule has 0 saturated carbocycles. The third kappa shape index (κ3) is 6.60. The molecule has 7 heteroatoms. The number of halogens is 1. The maximum Gasteiger partial charge on any atom is 0.247 e. The number of anilines is 1. The Hall–Kier alpha value is -3.58. The van der Waals surface area contributed by atoms with Gasteiger partial charge in [0.05, 0.1) is 6.04 Å². The topological polar surface area (TPSA) is 74.3 Å². The zero-order valence-electron chi connectivity index (χ0n) is 21.7. The summed E-state index contributed by atoms with van der Waals surface area (Å²) in [4.78, 5) is 33.5. The molecule has 6 nitrogen and oxygen atoms in total. The first-order valence-corrected chi connectivity index (χ1v) is 12.8. The molecule has 1 saturated heterocycles. The summed E-state index contributed by atoms with van der Waals surface area (Å²) in [6.07, 6.45) is 5.37. The molecule has 2 atom stereocenters. The fourth-order valence-corrected chi connectivity index (χ4v) is 4.66. The van der Waals surface area contributed by atoms with Gasteiger partial charge >= 0.3 is 0 Å². The molecule has 0 bridgehead atoms. The smallest absolute Gasteiger partial charge is 0.247 e. The monoisotopic (exact) mass is 502 g/mol. The summed E-state index contributed by atoms with van der Waals surface area (Å²) < 4.78 is 13.6. The zero-order chi connectivity index (χ0) is 26.4. The van der Waals surface area contributed by atoms with Gasteiger partial charge in [-0.05, 0) is 72.7 Å². The number of nitrogens with one attached hydrogen (secondary N) is 2. The summed E-state index contributed by atoms with van der Waals surface area (Å²) in [5, 5.41) is 6.26. The Labute approximate surface area is 218 Å². The Kier molecular flexibility index (Phi) is 8.34. The second-order valence-corrected chi connectivity index (χ2v) is 10.5. The number of amides is 2. The number of carbonyl (C=O) groups excluding carboxylic acids is 2. The van der Waals surface area contributed by atoms with E-state index in [0.717, 1.165) is 30.5 Å². The Morgan fingerprint density at radius 1 is 1.14 bits per heavy atom. The molecule has 194 valence electrons. The van der Waals surface area contributed by atoms with Gasteiger partial charge in [0.25, 0.3) is 0 Å². The summed E-state index contributed by atoms with van der Waals surface area (Å²) in [5.74, 6) is -0.762. The van der Waals surface area contributed by atoms with Gasteiger partial charge in [0.1, 0.15) is 11.9 Å². The van der Waals surface area contributed by atoms with E-state index in [2.05, 4.69) is 36.4 Å². The molecule has 37 heavy (non-hydrogen) atoms. The van der Waals surface area contributed by atoms with E-state index >= 15 is 0 Å². The second-order valence-electron chi connectivity index (χ2n) is 10.5. The number of aromatic nitrogens is 1. The predicted octanol–water partition coefficient (Wildman–Crippen LogP) is 4.70. The van der Waals surface area contributed by atoms with Crippen LogP contribution in [0.4, 0.5) is 10.1 Å². The summed E-state index contributed by atoms with van der Waals surface area (Å²) in [7, 11) is 0. The Morgan fingerprint density at radius 3 is 2.54 bits per heavy atom. The lowest BCUT2D eigenvalue weighted by Gasteiger charge is -2.33. The third-order valence-electron chi connectivity index (χ3n) is 6.72. The Balaban J connectivity index is 1.67. The van der Waals surface area contributed by atoms with E-state index in [1.54, 1.807) is 29.4 Å². The van der Waals surface area contributed by atoms with E-state index in [4.69, 9.17) is 0 Å². The van der Waals surface area contributed by atoms with Gasteiger partial charge in [-0.15, -0.1) is 0 Å². The third-order valence-corrected chi connectivity index (χ3v) is 6.72. The maximum absolute atomic E-state index is 13.9. The number of carbonyl (C=O) groups is 2. The fraction of sp³-hybridized carbons (Fsp3) is 0.367. The van der Waals surface area contributed by atoms with Crippen LogP contribution >= 0.6 is 0 Å². The van der Waals surface area contributed by atoms with Crippen LogP contribution in [0.5, 0.6) is 0 Å². The van der Waals surface area contributed by atoms with Crippen LogP contribution in [-0.4, -0.2) is 35.9 Å². The number of rotatable bonds is 8. The lowest BCUT2D eigenvalue weighted by Crippen LogP contribution is -2.50. The van der Waals surface area contributed by atoms with Crippen LogP contribution < -0.4 is 15.5 Å². The highest BCUT2D eigenvalue weighted by molar-refractivity contribution is 6.03. The molecule has 3 aromatic rings. The number of benzene rings is 2. The lowest BCUT2D eigenvalue weighted by atomic mass is 9.87. The van der Waals surface area contributed by atoms with E-state index in [1.165, 1.54) is 12.1 Å². The lowest BCUT2D eigenvalue weighted by molar-refractivity contribution is -0.127. The van der Waals surface area contributed by atoms with Crippen LogP contribution in [-0.2, 0) is 21.4 Å². The molecule has 4 rings (SSSR count). The number of hydrogen-bond donors (Lipinski definition) is 2. The van der Waals surface area contributed by atoms with E-state index < -0.39 is 6.04 Å². The fourth-order valence-electron chi connectivity index (χ4n) is 4.66. The standard InChI is InChI=1S/C30H35FN4O2/c1-30(2,3)23-11-13-25(14-12-23)35(29(37)26-10-6-17-33-26)27(22-8-5-16-32-20-22)28(36)34-18-15-21-7-4-9-24(31)19-21/h4-5,7-9,11-14,16,19-20,26-27,33H,6,10,15,17-18H2,1-3H3,(H,34,36). The zero-order valence-corrected chi connectivity index (χ0v) is 21.7. The highest BCUT2D eigenvalue weighted by Crippen LogP contribution is 2.32. The minimum atomic E-state index is -0.906. The first-order chi connectivity index (χ1) is 17.7. The van der Waals surface area contributed by atoms with Crippen molar-refractivity contribution in [2.75, 3.05) is 18.0 Å². The molecule has 1 aliphatic heterocycles. The van der Waals surface area contributed by atoms with Gasteiger partial charge in [0.2, 0.25) is 11.8 Å². The van der Waals surface area contributed by atoms with Crippen molar-refractivity contribution in [3.8, 4) is 0 Å². The van der Waals surface area contributed by atoms with E-state index in [-0.39, 0.29) is 29.1 Å². The highest BCUT2D eigenvalue weighted by atomic mass is 19.1. The molecule has 1 aromatic heterocycles. The van der Waals surface area contributed by atoms with E-state index in [9.17, 15) is 14.0 Å². The Bertz CT molecular complexity index is 1200. The summed E-state index contributed by atoms with van der Waals surface area (Å²) >= 11 is 0. The van der Waals surface area contributed by atoms with Crippen molar-refractivity contribution in [3.63, 3.8) is 0 Å². The molecule has 0 radical (unpaired) electrons. The molecule has 2 unspecified atom stereocenters. The Morgan fingerprint density at radius 2 is 1.92 bits per heavy atom. The summed E-state index contributed by atoms with van der Waals surface area (Å²) in [5.41, 5.74) is 3.16. The number of nitrogens with zero attached hydrogens (tertiary/aromatic N) is 2. The van der Waals surface area contributed by atoms with Crippen LogP contribution in [0.3, 0.4) is 0 Å². The van der Waals surface area contributed by atoms with Gasteiger partial charge < -0.3 is 10.6 Å². The van der Waals surface area contributed by atoms with Crippen LogP contribution in [0.25, 0.3) is 0 Å². The number of pyridine rings is 1. The van der Waals surface area contributed by atoms with Gasteiger partial charge in [0.15, 0.2) is 0 Å². The predicted molar refractivity (Wildman–Crippen MR) is 144 cm³/mol. The van der Waals surface area contributed by atoms with Crippen molar-refractivity contribution < 1.29 is 14.0 Å².